The summed E-state index contributed by atoms with van der Waals surface area (Å²) >= 11 is 0. The number of methoxy groups -OCH3 is 1. The lowest BCUT2D eigenvalue weighted by Gasteiger charge is -2.46. The SMILES string of the molecule is COC(=O)c1ccc2c(c1)[C@@H]1[C@@H](CCN1Cc1ccccc1)[C@H](CCCN=[N+]=[N-])N2C(=O)C(F)(F)F. The second kappa shape index (κ2) is 10.6. The quantitative estimate of drug-likeness (QED) is 0.167. The third kappa shape index (κ3) is 5.03. The van der Waals surface area contributed by atoms with Gasteiger partial charge in [0.2, 0.25) is 0 Å². The van der Waals surface area contributed by atoms with Gasteiger partial charge in [0.05, 0.1) is 12.7 Å². The molecule has 2 aromatic rings. The van der Waals surface area contributed by atoms with Crippen LogP contribution in [0.5, 0.6) is 0 Å². The first-order valence-electron chi connectivity index (χ1n) is 11.7. The van der Waals surface area contributed by atoms with Gasteiger partial charge in [-0.15, -0.1) is 0 Å². The second-order valence-corrected chi connectivity index (χ2v) is 8.96. The first-order chi connectivity index (χ1) is 17.3. The van der Waals surface area contributed by atoms with E-state index in [0.717, 1.165) is 10.5 Å². The highest BCUT2D eigenvalue weighted by Crippen LogP contribution is 2.51. The van der Waals surface area contributed by atoms with Gasteiger partial charge in [0.1, 0.15) is 0 Å². The Balaban J connectivity index is 1.82. The van der Waals surface area contributed by atoms with Crippen molar-refractivity contribution >= 4 is 17.6 Å². The van der Waals surface area contributed by atoms with E-state index in [4.69, 9.17) is 10.3 Å². The van der Waals surface area contributed by atoms with Crippen LogP contribution < -0.4 is 4.90 Å². The number of amides is 1. The fourth-order valence-corrected chi connectivity index (χ4v) is 5.49. The number of hydrogen-bond acceptors (Lipinski definition) is 5. The molecule has 1 amide bonds. The van der Waals surface area contributed by atoms with Crippen LogP contribution in [0.2, 0.25) is 0 Å². The van der Waals surface area contributed by atoms with Gasteiger partial charge in [0.15, 0.2) is 0 Å². The number of carbonyl (C=O) groups is 2. The molecule has 1 saturated heterocycles. The summed E-state index contributed by atoms with van der Waals surface area (Å²) in [5.41, 5.74) is 10.5. The van der Waals surface area contributed by atoms with Gasteiger partial charge in [-0.25, -0.2) is 4.79 Å². The molecule has 0 aliphatic carbocycles. The van der Waals surface area contributed by atoms with E-state index in [0.29, 0.717) is 31.5 Å². The Bertz CT molecular complexity index is 1170. The van der Waals surface area contributed by atoms with Gasteiger partial charge in [0, 0.05) is 41.7 Å². The van der Waals surface area contributed by atoms with E-state index in [9.17, 15) is 22.8 Å². The number of rotatable bonds is 7. The number of esters is 1. The number of fused-ring (bicyclic) bond motifs is 3. The molecule has 3 atom stereocenters. The molecule has 1 fully saturated rings. The van der Waals surface area contributed by atoms with Crippen molar-refractivity contribution in [2.75, 3.05) is 25.1 Å². The number of likely N-dealkylation sites (tertiary alicyclic amines) is 1. The van der Waals surface area contributed by atoms with Crippen LogP contribution in [0.3, 0.4) is 0 Å². The Morgan fingerprint density at radius 2 is 1.94 bits per heavy atom. The molecule has 11 heteroatoms. The van der Waals surface area contributed by atoms with Crippen LogP contribution in [0.4, 0.5) is 18.9 Å². The summed E-state index contributed by atoms with van der Waals surface area (Å²) in [6, 6.07) is 13.0. The molecule has 0 aromatic heterocycles. The Kier molecular flexibility index (Phi) is 7.51. The van der Waals surface area contributed by atoms with Gasteiger partial charge in [-0.05, 0) is 60.7 Å². The zero-order valence-electron chi connectivity index (χ0n) is 19.7. The normalized spacial score (nSPS) is 21.3. The summed E-state index contributed by atoms with van der Waals surface area (Å²) in [4.78, 5) is 30.8. The molecule has 4 rings (SSSR count). The Morgan fingerprint density at radius 3 is 2.61 bits per heavy atom. The third-order valence-corrected chi connectivity index (χ3v) is 6.91. The number of azide groups is 1. The summed E-state index contributed by atoms with van der Waals surface area (Å²) < 4.78 is 46.1. The molecule has 0 spiro atoms. The minimum Gasteiger partial charge on any atom is -0.465 e. The lowest BCUT2D eigenvalue weighted by atomic mass is 9.79. The molecule has 0 N–H and O–H groups in total. The van der Waals surface area contributed by atoms with Crippen molar-refractivity contribution < 1.29 is 27.5 Å². The van der Waals surface area contributed by atoms with Gasteiger partial charge in [-0.3, -0.25) is 9.69 Å². The van der Waals surface area contributed by atoms with Crippen molar-refractivity contribution in [2.24, 2.45) is 11.0 Å². The van der Waals surface area contributed by atoms with Gasteiger partial charge in [-0.2, -0.15) is 13.2 Å². The first kappa shape index (κ1) is 25.5. The number of alkyl halides is 3. The predicted molar refractivity (Wildman–Crippen MR) is 126 cm³/mol. The van der Waals surface area contributed by atoms with Crippen LogP contribution in [-0.4, -0.2) is 49.2 Å². The van der Waals surface area contributed by atoms with Crippen LogP contribution in [0.15, 0.2) is 53.6 Å². The van der Waals surface area contributed by atoms with Crippen LogP contribution in [-0.2, 0) is 16.1 Å². The zero-order valence-corrected chi connectivity index (χ0v) is 19.7. The number of nitrogens with zero attached hydrogens (tertiary/aromatic N) is 5. The highest BCUT2D eigenvalue weighted by molar-refractivity contribution is 6.00. The number of benzene rings is 2. The van der Waals surface area contributed by atoms with Crippen molar-refractivity contribution in [1.82, 2.24) is 4.90 Å². The van der Waals surface area contributed by atoms with Crippen molar-refractivity contribution in [1.29, 1.82) is 0 Å². The zero-order chi connectivity index (χ0) is 25.9. The van der Waals surface area contributed by atoms with Gasteiger partial charge >= 0.3 is 18.1 Å². The maximum absolute atomic E-state index is 13.8. The topological polar surface area (TPSA) is 98.6 Å². The van der Waals surface area contributed by atoms with E-state index in [1.54, 1.807) is 6.07 Å². The summed E-state index contributed by atoms with van der Waals surface area (Å²) in [5, 5.41) is 3.51. The van der Waals surface area contributed by atoms with Crippen molar-refractivity contribution in [2.45, 2.75) is 44.1 Å². The van der Waals surface area contributed by atoms with E-state index in [2.05, 4.69) is 14.9 Å². The average Bonchev–Trinajstić information content (AvgIpc) is 3.29. The molecule has 0 unspecified atom stereocenters. The standard InChI is InChI=1S/C25H26F3N5O3/c1-36-23(34)17-9-10-21-19(14-17)22-18(11-13-32(22)15-16-6-3-2-4-7-16)20(8-5-12-30-31-29)33(21)24(35)25(26,27)28/h2-4,6-7,9-10,14,18,20,22H,5,8,11-13,15H2,1H3/t18-,20-,22-/m0/s1. The lowest BCUT2D eigenvalue weighted by molar-refractivity contribution is -0.171. The molecular weight excluding hydrogens is 475 g/mol. The third-order valence-electron chi connectivity index (χ3n) is 6.91. The van der Waals surface area contributed by atoms with Crippen molar-refractivity contribution in [3.05, 3.63) is 75.7 Å². The summed E-state index contributed by atoms with van der Waals surface area (Å²) in [6.07, 6.45) is -3.91. The smallest absolute Gasteiger partial charge is 0.465 e. The van der Waals surface area contributed by atoms with Gasteiger partial charge < -0.3 is 9.64 Å². The Labute approximate surface area is 206 Å². The largest absolute Gasteiger partial charge is 0.471 e. The first-order valence-corrected chi connectivity index (χ1v) is 11.7. The van der Waals surface area contributed by atoms with Crippen LogP contribution >= 0.6 is 0 Å². The lowest BCUT2D eigenvalue weighted by Crippen LogP contribution is -2.54. The van der Waals surface area contributed by atoms with Gasteiger partial charge in [0.25, 0.3) is 0 Å². The summed E-state index contributed by atoms with van der Waals surface area (Å²) in [7, 11) is 1.24. The average molecular weight is 502 g/mol. The van der Waals surface area contributed by atoms with E-state index < -0.39 is 24.1 Å². The van der Waals surface area contributed by atoms with Crippen LogP contribution in [0.1, 0.15) is 46.8 Å². The number of halogens is 3. The molecule has 2 aromatic carbocycles. The predicted octanol–water partition coefficient (Wildman–Crippen LogP) is 5.40. The van der Waals surface area contributed by atoms with Crippen LogP contribution in [0.25, 0.3) is 10.4 Å². The molecule has 2 aliphatic heterocycles. The molecule has 2 aliphatic rings. The molecule has 0 saturated carbocycles. The van der Waals surface area contributed by atoms with Crippen molar-refractivity contribution in [3.63, 3.8) is 0 Å². The summed E-state index contributed by atoms with van der Waals surface area (Å²) in [6.45, 7) is 1.32. The molecule has 0 radical (unpaired) electrons. The van der Waals surface area contributed by atoms with E-state index in [-0.39, 0.29) is 36.2 Å². The fraction of sp³-hybridized carbons (Fsp3) is 0.440. The summed E-state index contributed by atoms with van der Waals surface area (Å²) in [5.74, 6) is -2.85. The molecule has 36 heavy (non-hydrogen) atoms. The number of carbonyl (C=O) groups excluding carboxylic acids is 2. The Hall–Kier alpha value is -3.56. The molecule has 2 heterocycles. The van der Waals surface area contributed by atoms with Gasteiger partial charge in [-0.1, -0.05) is 35.4 Å². The number of ether oxygens (including phenoxy) is 1. The van der Waals surface area contributed by atoms with Crippen LogP contribution in [0, 0.1) is 5.92 Å². The monoisotopic (exact) mass is 501 g/mol. The molecule has 190 valence electrons. The Morgan fingerprint density at radius 1 is 1.19 bits per heavy atom. The highest BCUT2D eigenvalue weighted by Gasteiger charge is 2.53. The number of anilines is 1. The second-order valence-electron chi connectivity index (χ2n) is 8.96. The maximum Gasteiger partial charge on any atom is 0.471 e. The maximum atomic E-state index is 13.8. The number of hydrogen-bond donors (Lipinski definition) is 0. The fourth-order valence-electron chi connectivity index (χ4n) is 5.49. The highest BCUT2D eigenvalue weighted by atomic mass is 19.4. The van der Waals surface area contributed by atoms with E-state index in [1.165, 1.54) is 19.2 Å². The van der Waals surface area contributed by atoms with Crippen molar-refractivity contribution in [3.8, 4) is 0 Å². The minimum atomic E-state index is -5.07. The minimum absolute atomic E-state index is 0.125. The molecule has 8 nitrogen and oxygen atoms in total. The molecule has 0 bridgehead atoms. The van der Waals surface area contributed by atoms with E-state index in [1.807, 2.05) is 30.3 Å². The van der Waals surface area contributed by atoms with E-state index >= 15 is 0 Å². The molecular formula is C25H26F3N5O3.